The van der Waals surface area contributed by atoms with Crippen LogP contribution in [0.5, 0.6) is 0 Å². The first kappa shape index (κ1) is 11.7. The van der Waals surface area contributed by atoms with Crippen molar-refractivity contribution in [2.45, 2.75) is 13.8 Å². The number of rotatable bonds is 5. The molecule has 0 aromatic heterocycles. The zero-order valence-corrected chi connectivity index (χ0v) is 8.53. The molecular formula is C13H18. The quantitative estimate of drug-likeness (QED) is 0.551. The van der Waals surface area contributed by atoms with Gasteiger partial charge in [-0.15, -0.1) is 0 Å². The van der Waals surface area contributed by atoms with E-state index in [9.17, 15) is 0 Å². The normalized spacial score (nSPS) is 13.0. The maximum atomic E-state index is 3.67. The van der Waals surface area contributed by atoms with E-state index in [1.54, 1.807) is 12.2 Å². The van der Waals surface area contributed by atoms with Gasteiger partial charge in [0.05, 0.1) is 0 Å². The summed E-state index contributed by atoms with van der Waals surface area (Å²) in [7, 11) is 0. The van der Waals surface area contributed by atoms with Crippen molar-refractivity contribution in [3.63, 3.8) is 0 Å². The second-order valence-electron chi connectivity index (χ2n) is 3.10. The van der Waals surface area contributed by atoms with E-state index < -0.39 is 0 Å². The first-order valence-corrected chi connectivity index (χ1v) is 4.50. The van der Waals surface area contributed by atoms with Gasteiger partial charge >= 0.3 is 0 Å². The van der Waals surface area contributed by atoms with Crippen molar-refractivity contribution in [1.29, 1.82) is 0 Å². The first-order chi connectivity index (χ1) is 6.20. The van der Waals surface area contributed by atoms with Crippen LogP contribution in [0.1, 0.15) is 13.8 Å². The Morgan fingerprint density at radius 1 is 1.08 bits per heavy atom. The van der Waals surface area contributed by atoms with Gasteiger partial charge in [0.15, 0.2) is 0 Å². The van der Waals surface area contributed by atoms with Crippen molar-refractivity contribution in [3.8, 4) is 0 Å². The second kappa shape index (κ2) is 7.35. The number of hydrogen-bond acceptors (Lipinski definition) is 0. The highest BCUT2D eigenvalue weighted by atomic mass is 13.9. The van der Waals surface area contributed by atoms with Crippen LogP contribution in [0.25, 0.3) is 0 Å². The van der Waals surface area contributed by atoms with E-state index in [2.05, 4.69) is 39.2 Å². The summed E-state index contributed by atoms with van der Waals surface area (Å²) in [6.07, 6.45) is 13.7. The van der Waals surface area contributed by atoms with Crippen molar-refractivity contribution in [3.05, 3.63) is 61.3 Å². The summed E-state index contributed by atoms with van der Waals surface area (Å²) < 4.78 is 0. The highest BCUT2D eigenvalue weighted by Crippen LogP contribution is 2.03. The molecule has 0 heterocycles. The lowest BCUT2D eigenvalue weighted by atomic mass is 10.1. The van der Waals surface area contributed by atoms with E-state index in [-0.39, 0.29) is 0 Å². The van der Waals surface area contributed by atoms with Gasteiger partial charge in [-0.05, 0) is 11.5 Å². The molecule has 0 saturated heterocycles. The summed E-state index contributed by atoms with van der Waals surface area (Å²) in [6.45, 7) is 11.6. The highest BCUT2D eigenvalue weighted by molar-refractivity contribution is 5.34. The standard InChI is InChI=1S/C13H18/c1-5-7-9-13(8-6-2)11-10-12(3)4/h5-12H,1-2H2,3-4H3/b9-7-,11-10+,13-8+. The Labute approximate surface area is 81.7 Å². The molecule has 0 rings (SSSR count). The van der Waals surface area contributed by atoms with Crippen LogP contribution >= 0.6 is 0 Å². The van der Waals surface area contributed by atoms with E-state index in [0.29, 0.717) is 5.92 Å². The first-order valence-electron chi connectivity index (χ1n) is 4.50. The lowest BCUT2D eigenvalue weighted by Gasteiger charge is -1.94. The molecule has 0 atom stereocenters. The van der Waals surface area contributed by atoms with Crippen LogP contribution in [0.15, 0.2) is 61.3 Å². The zero-order valence-electron chi connectivity index (χ0n) is 8.53. The molecule has 0 amide bonds. The van der Waals surface area contributed by atoms with Crippen LogP contribution in [0.2, 0.25) is 0 Å². The van der Waals surface area contributed by atoms with E-state index in [1.807, 2.05) is 18.2 Å². The molecule has 13 heavy (non-hydrogen) atoms. The molecule has 0 fully saturated rings. The fourth-order valence-electron chi connectivity index (χ4n) is 0.785. The fourth-order valence-corrected chi connectivity index (χ4v) is 0.785. The molecule has 0 aliphatic rings. The molecule has 0 bridgehead atoms. The highest BCUT2D eigenvalue weighted by Gasteiger charge is 1.85. The predicted molar refractivity (Wildman–Crippen MR) is 61.6 cm³/mol. The summed E-state index contributed by atoms with van der Waals surface area (Å²) in [4.78, 5) is 0. The lowest BCUT2D eigenvalue weighted by molar-refractivity contribution is 0.831. The van der Waals surface area contributed by atoms with Crippen molar-refractivity contribution < 1.29 is 0 Å². The lowest BCUT2D eigenvalue weighted by Crippen LogP contribution is -1.78. The molecule has 0 N–H and O–H groups in total. The molecule has 0 aromatic carbocycles. The maximum Gasteiger partial charge on any atom is -0.0260 e. The Balaban J connectivity index is 4.44. The van der Waals surface area contributed by atoms with Crippen LogP contribution < -0.4 is 0 Å². The average molecular weight is 174 g/mol. The molecule has 0 nitrogen and oxygen atoms in total. The van der Waals surface area contributed by atoms with Crippen LogP contribution in [-0.2, 0) is 0 Å². The Bertz CT molecular complexity index is 237. The zero-order chi connectivity index (χ0) is 10.1. The summed E-state index contributed by atoms with van der Waals surface area (Å²) in [5.74, 6) is 0.574. The van der Waals surface area contributed by atoms with Gasteiger partial charge in [-0.2, -0.15) is 0 Å². The maximum absolute atomic E-state index is 3.67. The summed E-state index contributed by atoms with van der Waals surface area (Å²) >= 11 is 0. The molecule has 0 spiro atoms. The third-order valence-electron chi connectivity index (χ3n) is 1.41. The van der Waals surface area contributed by atoms with E-state index in [0.717, 1.165) is 5.57 Å². The molecule has 0 aliphatic heterocycles. The van der Waals surface area contributed by atoms with Crippen molar-refractivity contribution in [2.24, 2.45) is 5.92 Å². The SMILES string of the molecule is C=C\C=C/C(=C\C=C)/C=C/C(C)C. The fraction of sp³-hybridized carbons (Fsp3) is 0.231. The smallest absolute Gasteiger partial charge is 0.0260 e. The molecular weight excluding hydrogens is 156 g/mol. The Kier molecular flexibility index (Phi) is 6.62. The topological polar surface area (TPSA) is 0 Å². The Morgan fingerprint density at radius 3 is 2.23 bits per heavy atom. The number of hydrogen-bond donors (Lipinski definition) is 0. The molecule has 0 unspecified atom stereocenters. The third-order valence-corrected chi connectivity index (χ3v) is 1.41. The Hall–Kier alpha value is -1.30. The van der Waals surface area contributed by atoms with Crippen LogP contribution in [0, 0.1) is 5.92 Å². The average Bonchev–Trinajstić information content (AvgIpc) is 2.09. The Morgan fingerprint density at radius 2 is 1.77 bits per heavy atom. The minimum Gasteiger partial charge on any atom is -0.0991 e. The van der Waals surface area contributed by atoms with E-state index in [1.165, 1.54) is 0 Å². The molecule has 0 radical (unpaired) electrons. The van der Waals surface area contributed by atoms with Crippen LogP contribution in [0.3, 0.4) is 0 Å². The van der Waals surface area contributed by atoms with Gasteiger partial charge in [0.1, 0.15) is 0 Å². The van der Waals surface area contributed by atoms with Gasteiger partial charge in [-0.3, -0.25) is 0 Å². The summed E-state index contributed by atoms with van der Waals surface area (Å²) in [6, 6.07) is 0. The van der Waals surface area contributed by atoms with Gasteiger partial charge < -0.3 is 0 Å². The molecule has 70 valence electrons. The van der Waals surface area contributed by atoms with Gasteiger partial charge in [-0.1, -0.05) is 69.5 Å². The molecule has 0 aromatic rings. The largest absolute Gasteiger partial charge is 0.0991 e. The van der Waals surface area contributed by atoms with Crippen LogP contribution in [0.4, 0.5) is 0 Å². The number of allylic oxidation sites excluding steroid dienone is 8. The summed E-state index contributed by atoms with van der Waals surface area (Å²) in [5.41, 5.74) is 1.14. The molecule has 0 aliphatic carbocycles. The van der Waals surface area contributed by atoms with E-state index >= 15 is 0 Å². The van der Waals surface area contributed by atoms with Gasteiger partial charge in [0.25, 0.3) is 0 Å². The minimum atomic E-state index is 0.574. The van der Waals surface area contributed by atoms with Crippen molar-refractivity contribution >= 4 is 0 Å². The third kappa shape index (κ3) is 7.07. The van der Waals surface area contributed by atoms with Gasteiger partial charge in [0.2, 0.25) is 0 Å². The van der Waals surface area contributed by atoms with Crippen molar-refractivity contribution in [2.75, 3.05) is 0 Å². The summed E-state index contributed by atoms with van der Waals surface area (Å²) in [5, 5.41) is 0. The van der Waals surface area contributed by atoms with Gasteiger partial charge in [-0.25, -0.2) is 0 Å². The predicted octanol–water partition coefficient (Wildman–Crippen LogP) is 4.05. The monoisotopic (exact) mass is 174 g/mol. The van der Waals surface area contributed by atoms with E-state index in [4.69, 9.17) is 0 Å². The molecule has 0 heteroatoms. The second-order valence-corrected chi connectivity index (χ2v) is 3.10. The minimum absolute atomic E-state index is 0.574. The van der Waals surface area contributed by atoms with Crippen LogP contribution in [-0.4, -0.2) is 0 Å². The van der Waals surface area contributed by atoms with Crippen molar-refractivity contribution in [1.82, 2.24) is 0 Å². The molecule has 0 saturated carbocycles. The van der Waals surface area contributed by atoms with Gasteiger partial charge in [0, 0.05) is 0 Å².